The van der Waals surface area contributed by atoms with Crippen molar-refractivity contribution in [2.24, 2.45) is 0 Å². The molecule has 2 aliphatic rings. The number of halogens is 2. The number of ether oxygens (including phenoxy) is 2. The molecule has 0 radical (unpaired) electrons. The van der Waals surface area contributed by atoms with Crippen molar-refractivity contribution in [3.8, 4) is 11.5 Å². The maximum Gasteiger partial charge on any atom is 0.586 e. The summed E-state index contributed by atoms with van der Waals surface area (Å²) in [7, 11) is 0. The number of hydrogen-bond donors (Lipinski definition) is 1. The molecule has 142 valence electrons. The number of anilines is 1. The lowest BCUT2D eigenvalue weighted by atomic mass is 10.2. The fraction of sp³-hybridized carbons (Fsp3) is 0.316. The van der Waals surface area contributed by atoms with E-state index < -0.39 is 6.29 Å². The third-order valence-electron chi connectivity index (χ3n) is 4.56. The minimum Gasteiger partial charge on any atom is -0.395 e. The van der Waals surface area contributed by atoms with E-state index in [0.29, 0.717) is 18.8 Å². The highest BCUT2D eigenvalue weighted by molar-refractivity contribution is 5.89. The van der Waals surface area contributed by atoms with Crippen molar-refractivity contribution in [2.45, 2.75) is 12.8 Å². The first-order chi connectivity index (χ1) is 13.0. The van der Waals surface area contributed by atoms with Gasteiger partial charge in [-0.2, -0.15) is 0 Å². The number of piperazine rings is 1. The molecule has 4 rings (SSSR count). The summed E-state index contributed by atoms with van der Waals surface area (Å²) in [5, 5.41) is 2.72. The number of rotatable bonds is 3. The zero-order valence-electron chi connectivity index (χ0n) is 14.5. The minimum atomic E-state index is -3.67. The summed E-state index contributed by atoms with van der Waals surface area (Å²) >= 11 is 0. The number of nitrogens with zero attached hydrogens (tertiary/aromatic N) is 2. The molecule has 1 N–H and O–H groups in total. The molecule has 0 aliphatic carbocycles. The van der Waals surface area contributed by atoms with E-state index in [4.69, 9.17) is 0 Å². The Morgan fingerprint density at radius 1 is 1.00 bits per heavy atom. The zero-order valence-corrected chi connectivity index (χ0v) is 14.5. The van der Waals surface area contributed by atoms with Crippen LogP contribution in [0, 0.1) is 0 Å². The van der Waals surface area contributed by atoms with Crippen LogP contribution in [0.1, 0.15) is 5.56 Å². The number of carbonyl (C=O) groups excluding carboxylic acids is 1. The summed E-state index contributed by atoms with van der Waals surface area (Å²) in [5.74, 6) is -0.141. The number of carbonyl (C=O) groups is 1. The smallest absolute Gasteiger partial charge is 0.395 e. The topological polar surface area (TPSA) is 54.0 Å². The summed E-state index contributed by atoms with van der Waals surface area (Å²) in [6.07, 6.45) is -3.67. The molecule has 2 aromatic rings. The second-order valence-electron chi connectivity index (χ2n) is 6.51. The Balaban J connectivity index is 1.30. The molecular formula is C19H19F2N3O3. The molecule has 2 amide bonds. The molecular weight excluding hydrogens is 356 g/mol. The van der Waals surface area contributed by atoms with Crippen LogP contribution in [-0.2, 0) is 6.54 Å². The number of hydrogen-bond acceptors (Lipinski definition) is 4. The molecule has 0 atom stereocenters. The Morgan fingerprint density at radius 3 is 2.44 bits per heavy atom. The van der Waals surface area contributed by atoms with E-state index in [1.807, 2.05) is 18.2 Å². The van der Waals surface area contributed by atoms with Gasteiger partial charge in [-0.15, -0.1) is 8.78 Å². The maximum atomic E-state index is 13.1. The Labute approximate surface area is 155 Å². The minimum absolute atomic E-state index is 0.0486. The van der Waals surface area contributed by atoms with Crippen molar-refractivity contribution in [1.29, 1.82) is 0 Å². The van der Waals surface area contributed by atoms with E-state index >= 15 is 0 Å². The summed E-state index contributed by atoms with van der Waals surface area (Å²) in [6, 6.07) is 14.1. The fourth-order valence-electron chi connectivity index (χ4n) is 3.18. The lowest BCUT2D eigenvalue weighted by molar-refractivity contribution is -0.286. The molecule has 0 bridgehead atoms. The molecule has 2 aliphatic heterocycles. The third-order valence-corrected chi connectivity index (χ3v) is 4.56. The van der Waals surface area contributed by atoms with E-state index in [-0.39, 0.29) is 17.5 Å². The van der Waals surface area contributed by atoms with Gasteiger partial charge in [0, 0.05) is 44.5 Å². The van der Waals surface area contributed by atoms with Crippen molar-refractivity contribution >= 4 is 11.7 Å². The van der Waals surface area contributed by atoms with E-state index in [9.17, 15) is 13.6 Å². The van der Waals surface area contributed by atoms with Gasteiger partial charge in [-0.25, -0.2) is 4.79 Å². The molecule has 0 aromatic heterocycles. The van der Waals surface area contributed by atoms with Crippen LogP contribution in [0.2, 0.25) is 0 Å². The van der Waals surface area contributed by atoms with Crippen LogP contribution in [-0.4, -0.2) is 48.3 Å². The number of benzene rings is 2. The zero-order chi connectivity index (χ0) is 18.9. The van der Waals surface area contributed by atoms with Gasteiger partial charge in [-0.3, -0.25) is 4.90 Å². The number of amides is 2. The number of nitrogens with one attached hydrogen (secondary N) is 1. The van der Waals surface area contributed by atoms with E-state index in [0.717, 1.165) is 19.6 Å². The third kappa shape index (κ3) is 4.11. The molecule has 0 spiro atoms. The Morgan fingerprint density at radius 2 is 1.70 bits per heavy atom. The molecule has 0 unspecified atom stereocenters. The van der Waals surface area contributed by atoms with E-state index in [1.54, 1.807) is 4.90 Å². The first-order valence-corrected chi connectivity index (χ1v) is 8.71. The van der Waals surface area contributed by atoms with Gasteiger partial charge in [-0.1, -0.05) is 30.3 Å². The number of urea groups is 1. The maximum absolute atomic E-state index is 13.1. The molecule has 1 saturated heterocycles. The van der Waals surface area contributed by atoms with Crippen molar-refractivity contribution in [3.63, 3.8) is 0 Å². The van der Waals surface area contributed by atoms with Crippen LogP contribution in [0.25, 0.3) is 0 Å². The van der Waals surface area contributed by atoms with Gasteiger partial charge in [0.25, 0.3) is 0 Å². The van der Waals surface area contributed by atoms with Crippen LogP contribution in [0.5, 0.6) is 11.5 Å². The van der Waals surface area contributed by atoms with Crippen LogP contribution in [0.15, 0.2) is 48.5 Å². The van der Waals surface area contributed by atoms with Crippen LogP contribution >= 0.6 is 0 Å². The van der Waals surface area contributed by atoms with Gasteiger partial charge in [0.05, 0.1) is 0 Å². The molecule has 6 nitrogen and oxygen atoms in total. The highest BCUT2D eigenvalue weighted by Gasteiger charge is 2.43. The van der Waals surface area contributed by atoms with Crippen molar-refractivity contribution in [3.05, 3.63) is 54.1 Å². The first-order valence-electron chi connectivity index (χ1n) is 8.71. The Hall–Kier alpha value is -2.87. The molecule has 27 heavy (non-hydrogen) atoms. The Bertz CT molecular complexity index is 824. The van der Waals surface area contributed by atoms with Gasteiger partial charge in [0.1, 0.15) is 0 Å². The lowest BCUT2D eigenvalue weighted by Crippen LogP contribution is -2.49. The average Bonchev–Trinajstić information content (AvgIpc) is 2.96. The largest absolute Gasteiger partial charge is 0.586 e. The van der Waals surface area contributed by atoms with Crippen LogP contribution in [0.3, 0.4) is 0 Å². The number of alkyl halides is 2. The predicted octanol–water partition coefficient (Wildman–Crippen LogP) is 3.36. The monoisotopic (exact) mass is 375 g/mol. The highest BCUT2D eigenvalue weighted by atomic mass is 19.3. The summed E-state index contributed by atoms with van der Waals surface area (Å²) < 4.78 is 34.9. The van der Waals surface area contributed by atoms with Gasteiger partial charge < -0.3 is 19.7 Å². The standard InChI is InChI=1S/C19H19F2N3O3/c20-19(21)26-16-7-6-15(12-17(16)27-19)22-18(25)24-10-8-23(9-11-24)13-14-4-2-1-3-5-14/h1-7,12H,8-11,13H2,(H,22,25). The second-order valence-corrected chi connectivity index (χ2v) is 6.51. The van der Waals surface area contributed by atoms with Gasteiger partial charge in [-0.05, 0) is 17.7 Å². The molecule has 8 heteroatoms. The average molecular weight is 375 g/mol. The van der Waals surface area contributed by atoms with Crippen LogP contribution in [0.4, 0.5) is 19.3 Å². The normalized spacial score (nSPS) is 18.4. The predicted molar refractivity (Wildman–Crippen MR) is 95.0 cm³/mol. The SMILES string of the molecule is O=C(Nc1ccc2c(c1)OC(F)(F)O2)N1CCN(Cc2ccccc2)CC1. The van der Waals surface area contributed by atoms with Gasteiger partial charge in [0.15, 0.2) is 11.5 Å². The van der Waals surface area contributed by atoms with E-state index in [1.165, 1.54) is 23.8 Å². The molecule has 1 fully saturated rings. The first kappa shape index (κ1) is 17.5. The van der Waals surface area contributed by atoms with Gasteiger partial charge in [0.2, 0.25) is 0 Å². The lowest BCUT2D eigenvalue weighted by Gasteiger charge is -2.34. The summed E-state index contributed by atoms with van der Waals surface area (Å²) in [4.78, 5) is 16.4. The van der Waals surface area contributed by atoms with E-state index in [2.05, 4.69) is 31.8 Å². The van der Waals surface area contributed by atoms with Crippen molar-refractivity contribution in [2.75, 3.05) is 31.5 Å². The highest BCUT2D eigenvalue weighted by Crippen LogP contribution is 2.42. The van der Waals surface area contributed by atoms with Crippen molar-refractivity contribution in [1.82, 2.24) is 9.80 Å². The molecule has 2 heterocycles. The summed E-state index contributed by atoms with van der Waals surface area (Å²) in [6.45, 7) is 3.60. The molecule has 2 aromatic carbocycles. The second kappa shape index (κ2) is 7.03. The van der Waals surface area contributed by atoms with Crippen LogP contribution < -0.4 is 14.8 Å². The molecule has 0 saturated carbocycles. The van der Waals surface area contributed by atoms with Crippen molar-refractivity contribution < 1.29 is 23.0 Å². The quantitative estimate of drug-likeness (QED) is 0.894. The van der Waals surface area contributed by atoms with Gasteiger partial charge >= 0.3 is 12.3 Å². The summed E-state index contributed by atoms with van der Waals surface area (Å²) in [5.41, 5.74) is 1.62. The number of fused-ring (bicyclic) bond motifs is 1. The fourth-order valence-corrected chi connectivity index (χ4v) is 3.18. The Kier molecular flexibility index (Phi) is 4.57.